The maximum atomic E-state index is 12.4. The molecule has 134 valence electrons. The van der Waals surface area contributed by atoms with E-state index in [1.54, 1.807) is 49.4 Å². The van der Waals surface area contributed by atoms with E-state index in [1.807, 2.05) is 0 Å². The SMILES string of the molecule is COc1ccccc1N(CC(=O)Nc1ccc(Cl)cc1C)S(C)(=O)=O. The van der Waals surface area contributed by atoms with Crippen molar-refractivity contribution < 1.29 is 17.9 Å². The fraction of sp³-hybridized carbons (Fsp3) is 0.235. The number of sulfonamides is 1. The molecule has 0 aromatic heterocycles. The lowest BCUT2D eigenvalue weighted by Gasteiger charge is -2.23. The Balaban J connectivity index is 2.27. The Hall–Kier alpha value is -2.25. The van der Waals surface area contributed by atoms with E-state index < -0.39 is 15.9 Å². The van der Waals surface area contributed by atoms with Crippen molar-refractivity contribution in [2.45, 2.75) is 6.92 Å². The Labute approximate surface area is 152 Å². The van der Waals surface area contributed by atoms with Crippen LogP contribution in [0.1, 0.15) is 5.56 Å². The number of halogens is 1. The smallest absolute Gasteiger partial charge is 0.245 e. The number of hydrogen-bond donors (Lipinski definition) is 1. The van der Waals surface area contributed by atoms with Crippen LogP contribution in [0.25, 0.3) is 0 Å². The number of anilines is 2. The minimum absolute atomic E-state index is 0.301. The van der Waals surface area contributed by atoms with Gasteiger partial charge in [-0.2, -0.15) is 0 Å². The molecule has 1 N–H and O–H groups in total. The van der Waals surface area contributed by atoms with Gasteiger partial charge in [0.15, 0.2) is 0 Å². The number of rotatable bonds is 6. The number of nitrogens with one attached hydrogen (secondary N) is 1. The minimum Gasteiger partial charge on any atom is -0.495 e. The summed E-state index contributed by atoms with van der Waals surface area (Å²) in [6.45, 7) is 1.43. The summed E-state index contributed by atoms with van der Waals surface area (Å²) in [5.41, 5.74) is 1.66. The summed E-state index contributed by atoms with van der Waals surface area (Å²) in [6, 6.07) is 11.7. The normalized spacial score (nSPS) is 11.0. The number of carbonyl (C=O) groups is 1. The highest BCUT2D eigenvalue weighted by atomic mass is 35.5. The van der Waals surface area contributed by atoms with Crippen LogP contribution in [0.4, 0.5) is 11.4 Å². The molecule has 25 heavy (non-hydrogen) atoms. The second kappa shape index (κ2) is 7.76. The van der Waals surface area contributed by atoms with Gasteiger partial charge >= 0.3 is 0 Å². The van der Waals surface area contributed by atoms with Gasteiger partial charge in [-0.05, 0) is 42.8 Å². The predicted octanol–water partition coefficient (Wildman–Crippen LogP) is 3.06. The summed E-state index contributed by atoms with van der Waals surface area (Å²) in [5, 5.41) is 3.26. The molecule has 0 fully saturated rings. The maximum Gasteiger partial charge on any atom is 0.245 e. The summed E-state index contributed by atoms with van der Waals surface area (Å²) < 4.78 is 30.6. The Morgan fingerprint density at radius 2 is 1.92 bits per heavy atom. The first kappa shape index (κ1) is 19.1. The maximum absolute atomic E-state index is 12.4. The van der Waals surface area contributed by atoms with Crippen molar-refractivity contribution in [2.24, 2.45) is 0 Å². The average molecular weight is 383 g/mol. The Bertz CT molecular complexity index is 884. The Morgan fingerprint density at radius 1 is 1.24 bits per heavy atom. The molecule has 2 aromatic rings. The van der Waals surface area contributed by atoms with E-state index >= 15 is 0 Å². The Kier molecular flexibility index (Phi) is 5.92. The fourth-order valence-corrected chi connectivity index (χ4v) is 3.39. The number of methoxy groups -OCH3 is 1. The summed E-state index contributed by atoms with van der Waals surface area (Å²) in [5.74, 6) is -0.106. The number of amides is 1. The molecule has 0 aliphatic rings. The molecule has 6 nitrogen and oxygen atoms in total. The molecule has 0 atom stereocenters. The van der Waals surface area contributed by atoms with Gasteiger partial charge in [-0.1, -0.05) is 23.7 Å². The molecule has 1 amide bonds. The van der Waals surface area contributed by atoms with Crippen molar-refractivity contribution in [1.29, 1.82) is 0 Å². The molecule has 0 spiro atoms. The van der Waals surface area contributed by atoms with Gasteiger partial charge in [0.05, 0.1) is 19.1 Å². The molecule has 2 aromatic carbocycles. The molecule has 0 aliphatic carbocycles. The molecule has 0 saturated heterocycles. The molecule has 8 heteroatoms. The molecule has 0 unspecified atom stereocenters. The first-order valence-electron chi connectivity index (χ1n) is 7.39. The van der Waals surface area contributed by atoms with E-state index in [0.717, 1.165) is 16.1 Å². The van der Waals surface area contributed by atoms with Crippen molar-refractivity contribution in [3.8, 4) is 5.75 Å². The first-order chi connectivity index (χ1) is 11.7. The largest absolute Gasteiger partial charge is 0.495 e. The monoisotopic (exact) mass is 382 g/mol. The van der Waals surface area contributed by atoms with E-state index in [9.17, 15) is 13.2 Å². The second-order valence-electron chi connectivity index (χ2n) is 5.45. The van der Waals surface area contributed by atoms with Crippen molar-refractivity contribution in [3.05, 3.63) is 53.1 Å². The summed E-state index contributed by atoms with van der Waals surface area (Å²) >= 11 is 5.90. The van der Waals surface area contributed by atoms with Gasteiger partial charge in [0, 0.05) is 10.7 Å². The van der Waals surface area contributed by atoms with Gasteiger partial charge in [-0.15, -0.1) is 0 Å². The standard InChI is InChI=1S/C17H19ClN2O4S/c1-12-10-13(18)8-9-14(12)19-17(21)11-20(25(3,22)23)15-6-4-5-7-16(15)24-2/h4-10H,11H2,1-3H3,(H,19,21). The van der Waals surface area contributed by atoms with Gasteiger partial charge in [0.2, 0.25) is 15.9 Å². The van der Waals surface area contributed by atoms with Crippen LogP contribution in [-0.4, -0.2) is 34.2 Å². The molecule has 2 rings (SSSR count). The van der Waals surface area contributed by atoms with Crippen LogP contribution in [0.5, 0.6) is 5.75 Å². The van der Waals surface area contributed by atoms with E-state index in [1.165, 1.54) is 7.11 Å². The lowest BCUT2D eigenvalue weighted by atomic mass is 10.2. The molecule has 0 saturated carbocycles. The summed E-state index contributed by atoms with van der Waals surface area (Å²) in [7, 11) is -2.24. The van der Waals surface area contributed by atoms with Gasteiger partial charge in [-0.3, -0.25) is 9.10 Å². The fourth-order valence-electron chi connectivity index (χ4n) is 2.30. The van der Waals surface area contributed by atoms with Crippen LogP contribution in [0, 0.1) is 6.92 Å². The first-order valence-corrected chi connectivity index (χ1v) is 9.61. The van der Waals surface area contributed by atoms with Crippen molar-refractivity contribution in [2.75, 3.05) is 29.5 Å². The number of hydrogen-bond acceptors (Lipinski definition) is 4. The third-order valence-corrected chi connectivity index (χ3v) is 4.87. The van der Waals surface area contributed by atoms with Crippen LogP contribution in [0.2, 0.25) is 5.02 Å². The van der Waals surface area contributed by atoms with Crippen molar-refractivity contribution in [1.82, 2.24) is 0 Å². The number of carbonyl (C=O) groups excluding carboxylic acids is 1. The zero-order chi connectivity index (χ0) is 18.6. The molecular weight excluding hydrogens is 364 g/mol. The average Bonchev–Trinajstić information content (AvgIpc) is 2.54. The molecule has 0 radical (unpaired) electrons. The van der Waals surface area contributed by atoms with Crippen LogP contribution in [0.3, 0.4) is 0 Å². The van der Waals surface area contributed by atoms with Crippen LogP contribution >= 0.6 is 11.6 Å². The highest BCUT2D eigenvalue weighted by molar-refractivity contribution is 7.92. The summed E-state index contributed by atoms with van der Waals surface area (Å²) in [4.78, 5) is 12.4. The van der Waals surface area contributed by atoms with Crippen molar-refractivity contribution in [3.63, 3.8) is 0 Å². The van der Waals surface area contributed by atoms with Crippen LogP contribution in [0.15, 0.2) is 42.5 Å². The van der Waals surface area contributed by atoms with E-state index in [-0.39, 0.29) is 6.54 Å². The van der Waals surface area contributed by atoms with Crippen LogP contribution < -0.4 is 14.4 Å². The molecule has 0 aliphatic heterocycles. The number of ether oxygens (including phenoxy) is 1. The third kappa shape index (κ3) is 4.87. The molecular formula is C17H19ClN2O4S. The number of nitrogens with zero attached hydrogens (tertiary/aromatic N) is 1. The minimum atomic E-state index is -3.68. The lowest BCUT2D eigenvalue weighted by Crippen LogP contribution is -2.37. The van der Waals surface area contributed by atoms with E-state index in [2.05, 4.69) is 5.32 Å². The van der Waals surface area contributed by atoms with E-state index in [4.69, 9.17) is 16.3 Å². The quantitative estimate of drug-likeness (QED) is 0.833. The Morgan fingerprint density at radius 3 is 2.52 bits per heavy atom. The second-order valence-corrected chi connectivity index (χ2v) is 7.79. The molecule has 0 bridgehead atoms. The summed E-state index contributed by atoms with van der Waals surface area (Å²) in [6.07, 6.45) is 1.04. The van der Waals surface area contributed by atoms with Crippen molar-refractivity contribution >= 4 is 38.9 Å². The topological polar surface area (TPSA) is 75.7 Å². The number of aryl methyl sites for hydroxylation is 1. The third-order valence-electron chi connectivity index (χ3n) is 3.50. The number of benzene rings is 2. The molecule has 0 heterocycles. The van der Waals surface area contributed by atoms with Gasteiger partial charge in [0.25, 0.3) is 0 Å². The van der Waals surface area contributed by atoms with E-state index in [0.29, 0.717) is 22.1 Å². The van der Waals surface area contributed by atoms with Gasteiger partial charge < -0.3 is 10.1 Å². The van der Waals surface area contributed by atoms with Gasteiger partial charge in [0.1, 0.15) is 12.3 Å². The lowest BCUT2D eigenvalue weighted by molar-refractivity contribution is -0.114. The van der Waals surface area contributed by atoms with Crippen LogP contribution in [-0.2, 0) is 14.8 Å². The van der Waals surface area contributed by atoms with Gasteiger partial charge in [-0.25, -0.2) is 8.42 Å². The highest BCUT2D eigenvalue weighted by Gasteiger charge is 2.23. The highest BCUT2D eigenvalue weighted by Crippen LogP contribution is 2.29. The predicted molar refractivity (Wildman–Crippen MR) is 100 cm³/mol. The number of para-hydroxylation sites is 2. The zero-order valence-corrected chi connectivity index (χ0v) is 15.7. The zero-order valence-electron chi connectivity index (χ0n) is 14.1.